The number of halogens is 1. The number of hydrogen-bond donors (Lipinski definition) is 1. The molecular formula is C12H18ClNO2. The number of benzene rings is 1. The molecule has 1 aromatic carbocycles. The lowest BCUT2D eigenvalue weighted by Gasteiger charge is -2.17. The van der Waals surface area contributed by atoms with Crippen LogP contribution in [-0.4, -0.2) is 33.9 Å². The third kappa shape index (κ3) is 4.49. The minimum absolute atomic E-state index is 0.0393. The van der Waals surface area contributed by atoms with Crippen LogP contribution in [0.15, 0.2) is 24.3 Å². The van der Waals surface area contributed by atoms with Crippen LogP contribution < -0.4 is 5.32 Å². The minimum Gasteiger partial charge on any atom is -0.382 e. The van der Waals surface area contributed by atoms with Crippen LogP contribution in [0.25, 0.3) is 0 Å². The van der Waals surface area contributed by atoms with Gasteiger partial charge in [0.1, 0.15) is 0 Å². The standard InChI is InChI=1S/C12H18ClNO2/c1-14-9-12(16-8-7-15-2)10-3-5-11(13)6-4-10/h3-6,12,14H,7-9H2,1-2H3. The number of methoxy groups -OCH3 is 1. The highest BCUT2D eigenvalue weighted by atomic mass is 35.5. The van der Waals surface area contributed by atoms with Gasteiger partial charge in [-0.2, -0.15) is 0 Å². The van der Waals surface area contributed by atoms with E-state index in [1.165, 1.54) is 0 Å². The molecule has 0 spiro atoms. The minimum atomic E-state index is 0.0393. The molecule has 1 unspecified atom stereocenters. The topological polar surface area (TPSA) is 30.5 Å². The zero-order chi connectivity index (χ0) is 11.8. The summed E-state index contributed by atoms with van der Waals surface area (Å²) >= 11 is 5.84. The molecule has 16 heavy (non-hydrogen) atoms. The van der Waals surface area contributed by atoms with E-state index in [2.05, 4.69) is 5.32 Å². The first kappa shape index (κ1) is 13.5. The molecule has 0 heterocycles. The second-order valence-electron chi connectivity index (χ2n) is 3.46. The first-order valence-electron chi connectivity index (χ1n) is 5.28. The van der Waals surface area contributed by atoms with Crippen molar-refractivity contribution >= 4 is 11.6 Å². The Balaban J connectivity index is 2.57. The quantitative estimate of drug-likeness (QED) is 0.746. The summed E-state index contributed by atoms with van der Waals surface area (Å²) in [5.74, 6) is 0. The maximum absolute atomic E-state index is 5.84. The van der Waals surface area contributed by atoms with E-state index in [1.807, 2.05) is 31.3 Å². The van der Waals surface area contributed by atoms with Gasteiger partial charge in [0.25, 0.3) is 0 Å². The molecule has 1 atom stereocenters. The largest absolute Gasteiger partial charge is 0.382 e. The second-order valence-corrected chi connectivity index (χ2v) is 3.90. The van der Waals surface area contributed by atoms with Gasteiger partial charge in [-0.3, -0.25) is 0 Å². The van der Waals surface area contributed by atoms with Crippen LogP contribution in [0.2, 0.25) is 5.02 Å². The van der Waals surface area contributed by atoms with Gasteiger partial charge in [-0.25, -0.2) is 0 Å². The highest BCUT2D eigenvalue weighted by Crippen LogP contribution is 2.19. The Labute approximate surface area is 102 Å². The Morgan fingerprint density at radius 1 is 1.25 bits per heavy atom. The van der Waals surface area contributed by atoms with Crippen LogP contribution in [0.1, 0.15) is 11.7 Å². The number of likely N-dealkylation sites (N-methyl/N-ethyl adjacent to an activating group) is 1. The summed E-state index contributed by atoms with van der Waals surface area (Å²) in [4.78, 5) is 0. The third-order valence-corrected chi connectivity index (χ3v) is 2.49. The van der Waals surface area contributed by atoms with E-state index >= 15 is 0 Å². The highest BCUT2D eigenvalue weighted by molar-refractivity contribution is 6.30. The maximum atomic E-state index is 5.84. The molecule has 0 saturated heterocycles. The normalized spacial score (nSPS) is 12.7. The van der Waals surface area contributed by atoms with Gasteiger partial charge in [0.15, 0.2) is 0 Å². The van der Waals surface area contributed by atoms with Crippen LogP contribution in [0.5, 0.6) is 0 Å². The van der Waals surface area contributed by atoms with Crippen LogP contribution in [0, 0.1) is 0 Å². The maximum Gasteiger partial charge on any atom is 0.0950 e. The van der Waals surface area contributed by atoms with E-state index in [9.17, 15) is 0 Å². The van der Waals surface area contributed by atoms with Crippen molar-refractivity contribution in [3.05, 3.63) is 34.9 Å². The molecule has 0 aliphatic rings. The summed E-state index contributed by atoms with van der Waals surface area (Å²) in [7, 11) is 3.57. The number of ether oxygens (including phenoxy) is 2. The molecule has 3 nitrogen and oxygen atoms in total. The Morgan fingerprint density at radius 2 is 1.94 bits per heavy atom. The van der Waals surface area contributed by atoms with E-state index < -0.39 is 0 Å². The molecule has 0 bridgehead atoms. The molecule has 0 fully saturated rings. The first-order valence-corrected chi connectivity index (χ1v) is 5.66. The van der Waals surface area contributed by atoms with Gasteiger partial charge in [0.05, 0.1) is 19.3 Å². The van der Waals surface area contributed by atoms with Gasteiger partial charge < -0.3 is 14.8 Å². The Bertz CT molecular complexity index is 290. The summed E-state index contributed by atoms with van der Waals surface area (Å²) in [5.41, 5.74) is 1.12. The van der Waals surface area contributed by atoms with Crippen LogP contribution in [-0.2, 0) is 9.47 Å². The van der Waals surface area contributed by atoms with Crippen LogP contribution in [0.3, 0.4) is 0 Å². The summed E-state index contributed by atoms with van der Waals surface area (Å²) in [6, 6.07) is 7.72. The number of rotatable bonds is 7. The molecule has 0 saturated carbocycles. The van der Waals surface area contributed by atoms with Crippen molar-refractivity contribution in [2.45, 2.75) is 6.10 Å². The summed E-state index contributed by atoms with van der Waals surface area (Å²) in [6.45, 7) is 1.96. The fourth-order valence-electron chi connectivity index (χ4n) is 1.41. The molecule has 4 heteroatoms. The highest BCUT2D eigenvalue weighted by Gasteiger charge is 2.10. The zero-order valence-corrected chi connectivity index (χ0v) is 10.5. The van der Waals surface area contributed by atoms with Crippen molar-refractivity contribution in [2.24, 2.45) is 0 Å². The zero-order valence-electron chi connectivity index (χ0n) is 9.70. The first-order chi connectivity index (χ1) is 7.77. The molecule has 0 amide bonds. The Hall–Kier alpha value is -0.610. The van der Waals surface area contributed by atoms with Gasteiger partial charge in [-0.1, -0.05) is 23.7 Å². The summed E-state index contributed by atoms with van der Waals surface area (Å²) in [6.07, 6.45) is 0.0393. The molecule has 0 radical (unpaired) electrons. The SMILES string of the molecule is CNCC(OCCOC)c1ccc(Cl)cc1. The van der Waals surface area contributed by atoms with Crippen molar-refractivity contribution in [3.63, 3.8) is 0 Å². The van der Waals surface area contributed by atoms with Crippen molar-refractivity contribution in [1.82, 2.24) is 5.32 Å². The van der Waals surface area contributed by atoms with Gasteiger partial charge in [-0.05, 0) is 24.7 Å². The average molecular weight is 244 g/mol. The molecule has 1 rings (SSSR count). The lowest BCUT2D eigenvalue weighted by Crippen LogP contribution is -2.21. The molecule has 1 N–H and O–H groups in total. The molecule has 0 aliphatic heterocycles. The third-order valence-electron chi connectivity index (χ3n) is 2.24. The van der Waals surface area contributed by atoms with E-state index in [4.69, 9.17) is 21.1 Å². The van der Waals surface area contributed by atoms with E-state index in [0.717, 1.165) is 17.1 Å². The predicted octanol–water partition coefficient (Wildman–Crippen LogP) is 2.26. The Kier molecular flexibility index (Phi) is 6.42. The summed E-state index contributed by atoms with van der Waals surface area (Å²) < 4.78 is 10.7. The number of hydrogen-bond acceptors (Lipinski definition) is 3. The van der Waals surface area contributed by atoms with Crippen LogP contribution >= 0.6 is 11.6 Å². The smallest absolute Gasteiger partial charge is 0.0950 e. The van der Waals surface area contributed by atoms with Gasteiger partial charge >= 0.3 is 0 Å². The average Bonchev–Trinajstić information content (AvgIpc) is 2.29. The van der Waals surface area contributed by atoms with E-state index in [-0.39, 0.29) is 6.10 Å². The fourth-order valence-corrected chi connectivity index (χ4v) is 1.54. The van der Waals surface area contributed by atoms with Gasteiger partial charge in [-0.15, -0.1) is 0 Å². The lowest BCUT2D eigenvalue weighted by molar-refractivity contribution is 0.0175. The Morgan fingerprint density at radius 3 is 2.50 bits per heavy atom. The molecule has 0 aromatic heterocycles. The van der Waals surface area contributed by atoms with Crippen molar-refractivity contribution in [3.8, 4) is 0 Å². The fraction of sp³-hybridized carbons (Fsp3) is 0.500. The van der Waals surface area contributed by atoms with Crippen LogP contribution in [0.4, 0.5) is 0 Å². The van der Waals surface area contributed by atoms with Crippen molar-refractivity contribution in [2.75, 3.05) is 33.9 Å². The second kappa shape index (κ2) is 7.63. The van der Waals surface area contributed by atoms with Gasteiger partial charge in [0, 0.05) is 18.7 Å². The molecule has 0 aliphatic carbocycles. The van der Waals surface area contributed by atoms with E-state index in [0.29, 0.717) is 13.2 Å². The van der Waals surface area contributed by atoms with Crippen molar-refractivity contribution in [1.29, 1.82) is 0 Å². The molecule has 90 valence electrons. The molecule has 1 aromatic rings. The molecular weight excluding hydrogens is 226 g/mol. The van der Waals surface area contributed by atoms with Gasteiger partial charge in [0.2, 0.25) is 0 Å². The monoisotopic (exact) mass is 243 g/mol. The van der Waals surface area contributed by atoms with E-state index in [1.54, 1.807) is 7.11 Å². The summed E-state index contributed by atoms with van der Waals surface area (Å²) in [5, 5.41) is 3.85. The number of nitrogens with one attached hydrogen (secondary N) is 1. The predicted molar refractivity (Wildman–Crippen MR) is 65.9 cm³/mol. The van der Waals surface area contributed by atoms with Crippen molar-refractivity contribution < 1.29 is 9.47 Å². The lowest BCUT2D eigenvalue weighted by atomic mass is 10.1.